The Bertz CT molecular complexity index is 283. The molecule has 0 heterocycles. The van der Waals surface area contributed by atoms with Crippen LogP contribution < -0.4 is 11.5 Å². The van der Waals surface area contributed by atoms with Crippen LogP contribution in [0.15, 0.2) is 0 Å². The molecule has 4 rings (SSSR count). The topological polar surface area (TPSA) is 52.0 Å². The third kappa shape index (κ3) is 4.32. The van der Waals surface area contributed by atoms with Crippen molar-refractivity contribution in [3.63, 3.8) is 0 Å². The first kappa shape index (κ1) is 20.5. The summed E-state index contributed by atoms with van der Waals surface area (Å²) in [6, 6.07) is 0. The summed E-state index contributed by atoms with van der Waals surface area (Å²) in [5.74, 6) is 6.01. The van der Waals surface area contributed by atoms with Crippen molar-refractivity contribution in [3.8, 4) is 0 Å². The zero-order valence-electron chi connectivity index (χ0n) is 13.9. The maximum absolute atomic E-state index is 5.69. The van der Waals surface area contributed by atoms with Gasteiger partial charge in [-0.25, -0.2) is 0 Å². The highest BCUT2D eigenvalue weighted by atomic mass is 35.5. The van der Waals surface area contributed by atoms with Crippen LogP contribution >= 0.6 is 24.8 Å². The van der Waals surface area contributed by atoms with Crippen LogP contribution in [0, 0.1) is 35.5 Å². The summed E-state index contributed by atoms with van der Waals surface area (Å²) < 4.78 is 0. The number of hydrogen-bond donors (Lipinski definition) is 2. The van der Waals surface area contributed by atoms with E-state index in [-0.39, 0.29) is 24.8 Å². The van der Waals surface area contributed by atoms with Crippen molar-refractivity contribution in [2.24, 2.45) is 47.0 Å². The van der Waals surface area contributed by atoms with Crippen LogP contribution in [-0.4, -0.2) is 13.1 Å². The Labute approximate surface area is 149 Å². The smallest absolute Gasteiger partial charge is 0.00461 e. The van der Waals surface area contributed by atoms with Gasteiger partial charge in [0.25, 0.3) is 0 Å². The highest BCUT2D eigenvalue weighted by molar-refractivity contribution is 5.85. The molecule has 0 bridgehead atoms. The van der Waals surface area contributed by atoms with Crippen LogP contribution in [-0.2, 0) is 0 Å². The van der Waals surface area contributed by atoms with Gasteiger partial charge in [-0.3, -0.25) is 0 Å². The predicted molar refractivity (Wildman–Crippen MR) is 99.7 cm³/mol. The molecule has 0 amide bonds. The second kappa shape index (κ2) is 9.71. The van der Waals surface area contributed by atoms with E-state index in [0.29, 0.717) is 0 Å². The van der Waals surface area contributed by atoms with Crippen LogP contribution in [0.5, 0.6) is 0 Å². The molecule has 0 aromatic heterocycles. The normalized spacial score (nSPS) is 41.7. The van der Waals surface area contributed by atoms with Gasteiger partial charge in [-0.05, 0) is 87.1 Å². The van der Waals surface area contributed by atoms with Crippen LogP contribution in [0.2, 0.25) is 0 Å². The molecule has 0 radical (unpaired) electrons. The lowest BCUT2D eigenvalue weighted by atomic mass is 9.92. The molecule has 4 aliphatic rings. The van der Waals surface area contributed by atoms with Gasteiger partial charge in [0.15, 0.2) is 0 Å². The van der Waals surface area contributed by atoms with E-state index in [9.17, 15) is 0 Å². The summed E-state index contributed by atoms with van der Waals surface area (Å²) >= 11 is 0. The van der Waals surface area contributed by atoms with Gasteiger partial charge in [0, 0.05) is 0 Å². The molecule has 0 aliphatic heterocycles. The van der Waals surface area contributed by atoms with Gasteiger partial charge in [0.2, 0.25) is 0 Å². The van der Waals surface area contributed by atoms with Crippen molar-refractivity contribution in [2.45, 2.75) is 64.2 Å². The first-order chi connectivity index (χ1) is 9.83. The first-order valence-electron chi connectivity index (χ1n) is 9.23. The Balaban J connectivity index is 0.000000202. The van der Waals surface area contributed by atoms with E-state index in [4.69, 9.17) is 11.5 Å². The number of rotatable bonds is 2. The summed E-state index contributed by atoms with van der Waals surface area (Å²) in [5, 5.41) is 0. The fraction of sp³-hybridized carbons (Fsp3) is 1.00. The molecule has 0 aromatic rings. The molecule has 0 spiro atoms. The summed E-state index contributed by atoms with van der Waals surface area (Å²) in [4.78, 5) is 0. The molecular formula is C18H36Cl2N2. The zero-order valence-corrected chi connectivity index (χ0v) is 15.6. The Morgan fingerprint density at radius 2 is 0.955 bits per heavy atom. The van der Waals surface area contributed by atoms with Gasteiger partial charge in [0.05, 0.1) is 0 Å². The van der Waals surface area contributed by atoms with Gasteiger partial charge in [0.1, 0.15) is 0 Å². The monoisotopic (exact) mass is 350 g/mol. The van der Waals surface area contributed by atoms with E-state index < -0.39 is 0 Å². The number of fused-ring (bicyclic) bond motifs is 2. The molecular weight excluding hydrogens is 315 g/mol. The fourth-order valence-corrected chi connectivity index (χ4v) is 5.96. The number of halogens is 2. The SMILES string of the molecule is Cl.Cl.NC[C@@H]1CC[C@H]2CCC[C@H]21.NC[C@H]1CC[C@@H]2CCC[C@@H]21. The molecule has 0 aromatic carbocycles. The van der Waals surface area contributed by atoms with E-state index in [0.717, 1.165) is 48.6 Å². The standard InChI is InChI=1S/2C9H17N.2ClH/c2*10-6-8-5-4-7-2-1-3-9(7)8;;/h2*7-9H,1-6,10H2;2*1H/t2*7-,8+,9-;;/m10../s1. The Morgan fingerprint density at radius 3 is 1.32 bits per heavy atom. The maximum atomic E-state index is 5.69. The Morgan fingerprint density at radius 1 is 0.545 bits per heavy atom. The molecule has 4 N–H and O–H groups in total. The lowest BCUT2D eigenvalue weighted by Crippen LogP contribution is -2.18. The van der Waals surface area contributed by atoms with Crippen molar-refractivity contribution < 1.29 is 0 Å². The molecule has 4 aliphatic carbocycles. The minimum Gasteiger partial charge on any atom is -0.330 e. The highest BCUT2D eigenvalue weighted by Crippen LogP contribution is 2.47. The van der Waals surface area contributed by atoms with Gasteiger partial charge >= 0.3 is 0 Å². The molecule has 132 valence electrons. The molecule has 6 atom stereocenters. The van der Waals surface area contributed by atoms with Crippen LogP contribution in [0.4, 0.5) is 0 Å². The Hall–Kier alpha value is 0.500. The van der Waals surface area contributed by atoms with Crippen LogP contribution in [0.25, 0.3) is 0 Å². The van der Waals surface area contributed by atoms with E-state index in [1.807, 2.05) is 0 Å². The highest BCUT2D eigenvalue weighted by Gasteiger charge is 2.38. The first-order valence-corrected chi connectivity index (χ1v) is 9.23. The number of nitrogens with two attached hydrogens (primary N) is 2. The van der Waals surface area contributed by atoms with Crippen molar-refractivity contribution in [3.05, 3.63) is 0 Å². The van der Waals surface area contributed by atoms with Gasteiger partial charge < -0.3 is 11.5 Å². The minimum atomic E-state index is 0. The lowest BCUT2D eigenvalue weighted by Gasteiger charge is -2.15. The van der Waals surface area contributed by atoms with Crippen molar-refractivity contribution >= 4 is 24.8 Å². The fourth-order valence-electron chi connectivity index (χ4n) is 5.96. The zero-order chi connectivity index (χ0) is 13.9. The second-order valence-electron chi connectivity index (χ2n) is 7.86. The van der Waals surface area contributed by atoms with Crippen LogP contribution in [0.1, 0.15) is 64.2 Å². The predicted octanol–water partition coefficient (Wildman–Crippen LogP) is 4.39. The van der Waals surface area contributed by atoms with E-state index in [1.165, 1.54) is 64.2 Å². The molecule has 0 saturated heterocycles. The van der Waals surface area contributed by atoms with E-state index in [1.54, 1.807) is 0 Å². The van der Waals surface area contributed by atoms with E-state index in [2.05, 4.69) is 0 Å². The van der Waals surface area contributed by atoms with Crippen molar-refractivity contribution in [2.75, 3.05) is 13.1 Å². The summed E-state index contributed by atoms with van der Waals surface area (Å²) in [5.41, 5.74) is 11.4. The summed E-state index contributed by atoms with van der Waals surface area (Å²) in [6.07, 6.45) is 14.7. The van der Waals surface area contributed by atoms with Gasteiger partial charge in [-0.2, -0.15) is 0 Å². The largest absolute Gasteiger partial charge is 0.330 e. The molecule has 4 fully saturated rings. The summed E-state index contributed by atoms with van der Waals surface area (Å²) in [7, 11) is 0. The lowest BCUT2D eigenvalue weighted by molar-refractivity contribution is 0.360. The molecule has 22 heavy (non-hydrogen) atoms. The van der Waals surface area contributed by atoms with E-state index >= 15 is 0 Å². The van der Waals surface area contributed by atoms with Gasteiger partial charge in [-0.1, -0.05) is 25.7 Å². The third-order valence-electron chi connectivity index (χ3n) is 7.07. The van der Waals surface area contributed by atoms with Crippen molar-refractivity contribution in [1.29, 1.82) is 0 Å². The average molecular weight is 351 g/mol. The van der Waals surface area contributed by atoms with Crippen LogP contribution in [0.3, 0.4) is 0 Å². The Kier molecular flexibility index (Phi) is 9.07. The average Bonchev–Trinajstić information content (AvgIpc) is 3.19. The molecule has 0 unspecified atom stereocenters. The number of hydrogen-bond acceptors (Lipinski definition) is 2. The second-order valence-corrected chi connectivity index (χ2v) is 7.86. The summed E-state index contributed by atoms with van der Waals surface area (Å²) in [6.45, 7) is 1.89. The quantitative estimate of drug-likeness (QED) is 0.775. The molecule has 4 heteroatoms. The molecule has 2 nitrogen and oxygen atoms in total. The molecule has 4 saturated carbocycles. The maximum Gasteiger partial charge on any atom is -0.00461 e. The minimum absolute atomic E-state index is 0. The van der Waals surface area contributed by atoms with Crippen molar-refractivity contribution in [1.82, 2.24) is 0 Å². The van der Waals surface area contributed by atoms with Gasteiger partial charge in [-0.15, -0.1) is 24.8 Å². The third-order valence-corrected chi connectivity index (χ3v) is 7.07.